The molecule has 0 saturated heterocycles. The van der Waals surface area contributed by atoms with Gasteiger partial charge in [-0.3, -0.25) is 4.79 Å². The van der Waals surface area contributed by atoms with E-state index in [9.17, 15) is 4.79 Å². The molecule has 0 aliphatic heterocycles. The van der Waals surface area contributed by atoms with Crippen LogP contribution >= 0.6 is 31.9 Å². The lowest BCUT2D eigenvalue weighted by Gasteiger charge is -2.20. The summed E-state index contributed by atoms with van der Waals surface area (Å²) in [6.45, 7) is 10.7. The molecule has 0 saturated carbocycles. The topological polar surface area (TPSA) is 55.6 Å². The fraction of sp³-hybridized carbons (Fsp3) is 0.280. The lowest BCUT2D eigenvalue weighted by atomic mass is 9.87. The number of aromatic nitrogens is 1. The van der Waals surface area contributed by atoms with Crippen molar-refractivity contribution in [1.29, 1.82) is 0 Å². The Morgan fingerprint density at radius 2 is 1.66 bits per heavy atom. The summed E-state index contributed by atoms with van der Waals surface area (Å²) < 4.78 is 8.84. The van der Waals surface area contributed by atoms with Crippen molar-refractivity contribution in [3.8, 4) is 11.4 Å². The minimum absolute atomic E-state index is 0.115. The van der Waals surface area contributed by atoms with Crippen molar-refractivity contribution in [2.45, 2.75) is 40.0 Å². The Kier molecular flexibility index (Phi) is 7.30. The normalized spacial score (nSPS) is 11.8. The van der Waals surface area contributed by atoms with Gasteiger partial charge in [-0.05, 0) is 87.0 Å². The number of rotatable bonds is 5. The number of carbonyl (C=O) groups excluding carboxylic acids is 1. The number of halogens is 2. The van der Waals surface area contributed by atoms with Crippen LogP contribution in [0.2, 0.25) is 0 Å². The van der Waals surface area contributed by atoms with Crippen molar-refractivity contribution in [1.82, 2.24) is 9.99 Å². The Morgan fingerprint density at radius 3 is 2.19 bits per heavy atom. The third kappa shape index (κ3) is 5.15. The van der Waals surface area contributed by atoms with Crippen LogP contribution < -0.4 is 10.2 Å². The first kappa shape index (κ1) is 24.3. The minimum Gasteiger partial charge on any atom is -0.494 e. The van der Waals surface area contributed by atoms with Gasteiger partial charge in [-0.15, -0.1) is 0 Å². The zero-order chi connectivity index (χ0) is 23.6. The Hall–Kier alpha value is -2.38. The van der Waals surface area contributed by atoms with Crippen LogP contribution in [0.1, 0.15) is 53.6 Å². The van der Waals surface area contributed by atoms with Crippen molar-refractivity contribution >= 4 is 44.0 Å². The summed E-state index contributed by atoms with van der Waals surface area (Å²) >= 11 is 6.83. The van der Waals surface area contributed by atoms with E-state index in [1.165, 1.54) is 5.56 Å². The molecule has 3 aromatic rings. The summed E-state index contributed by atoms with van der Waals surface area (Å²) in [5.41, 5.74) is 8.67. The van der Waals surface area contributed by atoms with E-state index in [2.05, 4.69) is 105 Å². The Labute approximate surface area is 206 Å². The number of hydrogen-bond donors (Lipinski definition) is 1. The van der Waals surface area contributed by atoms with Crippen LogP contribution in [0.4, 0.5) is 0 Å². The van der Waals surface area contributed by atoms with E-state index in [1.807, 2.05) is 6.92 Å². The monoisotopic (exact) mass is 559 g/mol. The van der Waals surface area contributed by atoms with E-state index in [4.69, 9.17) is 4.74 Å². The number of hydrogen-bond acceptors (Lipinski definition) is 3. The molecule has 0 fully saturated rings. The van der Waals surface area contributed by atoms with Crippen molar-refractivity contribution in [3.05, 3.63) is 79.5 Å². The molecule has 1 aromatic heterocycles. The maximum absolute atomic E-state index is 12.5. The van der Waals surface area contributed by atoms with Gasteiger partial charge in [-0.2, -0.15) is 5.10 Å². The number of nitrogens with one attached hydrogen (secondary N) is 1. The van der Waals surface area contributed by atoms with Gasteiger partial charge in [0.05, 0.1) is 22.3 Å². The highest BCUT2D eigenvalue weighted by Gasteiger charge is 2.15. The first-order valence-electron chi connectivity index (χ1n) is 10.2. The third-order valence-corrected chi connectivity index (χ3v) is 6.47. The second-order valence-electron chi connectivity index (χ2n) is 8.63. The predicted octanol–water partition coefficient (Wildman–Crippen LogP) is 6.69. The van der Waals surface area contributed by atoms with E-state index < -0.39 is 0 Å². The van der Waals surface area contributed by atoms with Crippen LogP contribution in [0.5, 0.6) is 5.75 Å². The van der Waals surface area contributed by atoms with Gasteiger partial charge in [0.15, 0.2) is 0 Å². The van der Waals surface area contributed by atoms with Crippen LogP contribution in [0.15, 0.2) is 56.5 Å². The molecule has 1 N–H and O–H groups in total. The second kappa shape index (κ2) is 9.63. The first-order chi connectivity index (χ1) is 15.0. The van der Waals surface area contributed by atoms with E-state index in [0.717, 1.165) is 22.6 Å². The second-order valence-corrected chi connectivity index (χ2v) is 10.3. The highest BCUT2D eigenvalue weighted by Crippen LogP contribution is 2.34. The number of aryl methyl sites for hydroxylation is 1. The van der Waals surface area contributed by atoms with Gasteiger partial charge in [-0.25, -0.2) is 5.43 Å². The zero-order valence-electron chi connectivity index (χ0n) is 19.1. The molecule has 0 spiro atoms. The largest absolute Gasteiger partial charge is 0.494 e. The molecule has 0 aliphatic carbocycles. The summed E-state index contributed by atoms with van der Waals surface area (Å²) in [5.74, 6) is 0.324. The van der Waals surface area contributed by atoms with Crippen molar-refractivity contribution in [2.24, 2.45) is 5.10 Å². The fourth-order valence-electron chi connectivity index (χ4n) is 3.54. The molecule has 1 heterocycles. The van der Waals surface area contributed by atoms with Crippen molar-refractivity contribution < 1.29 is 9.53 Å². The summed E-state index contributed by atoms with van der Waals surface area (Å²) in [6.07, 6.45) is 1.67. The lowest BCUT2D eigenvalue weighted by Crippen LogP contribution is -2.17. The number of ether oxygens (including phenoxy) is 1. The summed E-state index contributed by atoms with van der Waals surface area (Å²) in [4.78, 5) is 12.5. The summed E-state index contributed by atoms with van der Waals surface area (Å²) in [7, 11) is 1.57. The predicted molar refractivity (Wildman–Crippen MR) is 137 cm³/mol. The molecule has 0 atom stereocenters. The highest BCUT2D eigenvalue weighted by molar-refractivity contribution is 9.11. The molecule has 0 aliphatic rings. The molecule has 7 heteroatoms. The molecule has 0 radical (unpaired) electrons. The zero-order valence-corrected chi connectivity index (χ0v) is 22.3. The van der Waals surface area contributed by atoms with Crippen LogP contribution in [-0.4, -0.2) is 23.8 Å². The van der Waals surface area contributed by atoms with E-state index in [1.54, 1.807) is 25.5 Å². The molecule has 2 aromatic carbocycles. The van der Waals surface area contributed by atoms with Crippen LogP contribution in [0.3, 0.4) is 0 Å². The van der Waals surface area contributed by atoms with Gasteiger partial charge in [0.25, 0.3) is 5.91 Å². The van der Waals surface area contributed by atoms with E-state index in [-0.39, 0.29) is 11.3 Å². The molecule has 168 valence electrons. The fourth-order valence-corrected chi connectivity index (χ4v) is 5.05. The number of methoxy groups -OCH3 is 1. The lowest BCUT2D eigenvalue weighted by molar-refractivity contribution is 0.0955. The van der Waals surface area contributed by atoms with Crippen LogP contribution in [0.25, 0.3) is 5.69 Å². The number of nitrogens with zero attached hydrogens (tertiary/aromatic N) is 2. The molecule has 5 nitrogen and oxygen atoms in total. The van der Waals surface area contributed by atoms with Crippen LogP contribution in [-0.2, 0) is 5.41 Å². The minimum atomic E-state index is -0.308. The van der Waals surface area contributed by atoms with Gasteiger partial charge in [0, 0.05) is 28.2 Å². The smallest absolute Gasteiger partial charge is 0.271 e. The first-order valence-corrected chi connectivity index (χ1v) is 11.8. The Balaban J connectivity index is 1.78. The summed E-state index contributed by atoms with van der Waals surface area (Å²) in [5, 5.41) is 4.18. The van der Waals surface area contributed by atoms with E-state index in [0.29, 0.717) is 20.3 Å². The van der Waals surface area contributed by atoms with Gasteiger partial charge in [0.1, 0.15) is 5.75 Å². The number of benzene rings is 2. The Bertz CT molecular complexity index is 1150. The Morgan fingerprint density at radius 1 is 1.06 bits per heavy atom. The van der Waals surface area contributed by atoms with Crippen LogP contribution in [0, 0.1) is 13.8 Å². The number of amides is 1. The van der Waals surface area contributed by atoms with Gasteiger partial charge < -0.3 is 9.30 Å². The molecule has 0 bridgehead atoms. The van der Waals surface area contributed by atoms with Gasteiger partial charge in [-0.1, -0.05) is 32.9 Å². The van der Waals surface area contributed by atoms with Crippen molar-refractivity contribution in [3.63, 3.8) is 0 Å². The average Bonchev–Trinajstić information content (AvgIpc) is 3.00. The highest BCUT2D eigenvalue weighted by atomic mass is 79.9. The quantitative estimate of drug-likeness (QED) is 0.279. The molecule has 1 amide bonds. The summed E-state index contributed by atoms with van der Waals surface area (Å²) in [6, 6.07) is 14.1. The number of carbonyl (C=O) groups is 1. The molecule has 3 rings (SSSR count). The average molecular weight is 561 g/mol. The third-order valence-electron chi connectivity index (χ3n) is 5.30. The molecule has 32 heavy (non-hydrogen) atoms. The molecule has 0 unspecified atom stereocenters. The maximum atomic E-state index is 12.5. The maximum Gasteiger partial charge on any atom is 0.271 e. The van der Waals surface area contributed by atoms with Gasteiger partial charge >= 0.3 is 0 Å². The van der Waals surface area contributed by atoms with Crippen molar-refractivity contribution in [2.75, 3.05) is 7.11 Å². The van der Waals surface area contributed by atoms with Gasteiger partial charge in [0.2, 0.25) is 0 Å². The standard InChI is InChI=1S/C25H27Br2N3O2/c1-15-11-18(16(2)30(15)20-9-7-19(8-10-20)25(3,4)5)14-28-29-24(31)17-12-21(26)23(32-6)22(27)13-17/h7-14H,1-6H3,(H,29,31). The van der Waals surface area contributed by atoms with E-state index >= 15 is 0 Å². The number of hydrazone groups is 1. The SMILES string of the molecule is COc1c(Br)cc(C(=O)NN=Cc2cc(C)n(-c3ccc(C(C)(C)C)cc3)c2C)cc1Br. The molecular weight excluding hydrogens is 534 g/mol. The molecular formula is C25H27Br2N3O2.